The predicted molar refractivity (Wildman–Crippen MR) is 54.3 cm³/mol. The SMILES string of the molecule is C(=N/N1CCOCC1)/c1cccs1. The van der Waals surface area contributed by atoms with Crippen molar-refractivity contribution in [1.82, 2.24) is 5.01 Å². The Bertz CT molecular complexity index is 265. The van der Waals surface area contributed by atoms with Gasteiger partial charge in [0.15, 0.2) is 0 Å². The summed E-state index contributed by atoms with van der Waals surface area (Å²) in [5.74, 6) is 0. The third-order valence-electron chi connectivity index (χ3n) is 1.88. The zero-order valence-corrected chi connectivity index (χ0v) is 8.17. The van der Waals surface area contributed by atoms with Crippen LogP contribution < -0.4 is 0 Å². The van der Waals surface area contributed by atoms with Crippen molar-refractivity contribution in [1.29, 1.82) is 0 Å². The fourth-order valence-electron chi connectivity index (χ4n) is 1.17. The molecule has 1 aromatic heterocycles. The van der Waals surface area contributed by atoms with Gasteiger partial charge in [0, 0.05) is 4.88 Å². The smallest absolute Gasteiger partial charge is 0.0659 e. The number of hydrogen-bond donors (Lipinski definition) is 0. The fourth-order valence-corrected chi connectivity index (χ4v) is 1.75. The summed E-state index contributed by atoms with van der Waals surface area (Å²) in [5.41, 5.74) is 0. The molecule has 0 N–H and O–H groups in total. The molecule has 0 bridgehead atoms. The monoisotopic (exact) mass is 196 g/mol. The molecule has 0 unspecified atom stereocenters. The maximum atomic E-state index is 5.22. The van der Waals surface area contributed by atoms with E-state index in [-0.39, 0.29) is 0 Å². The molecule has 4 heteroatoms. The highest BCUT2D eigenvalue weighted by atomic mass is 32.1. The molecule has 2 rings (SSSR count). The van der Waals surface area contributed by atoms with Crippen LogP contribution in [-0.4, -0.2) is 37.5 Å². The average molecular weight is 196 g/mol. The van der Waals surface area contributed by atoms with Crippen molar-refractivity contribution >= 4 is 17.6 Å². The lowest BCUT2D eigenvalue weighted by Crippen LogP contribution is -2.32. The van der Waals surface area contributed by atoms with Crippen molar-refractivity contribution in [2.45, 2.75) is 0 Å². The molecule has 3 nitrogen and oxygen atoms in total. The van der Waals surface area contributed by atoms with E-state index in [1.807, 2.05) is 17.3 Å². The number of morpholine rings is 1. The van der Waals surface area contributed by atoms with Crippen molar-refractivity contribution in [3.8, 4) is 0 Å². The van der Waals surface area contributed by atoms with Crippen LogP contribution in [0.4, 0.5) is 0 Å². The van der Waals surface area contributed by atoms with Gasteiger partial charge in [0.2, 0.25) is 0 Å². The normalized spacial score (nSPS) is 18.3. The van der Waals surface area contributed by atoms with Crippen LogP contribution in [0.15, 0.2) is 22.6 Å². The van der Waals surface area contributed by atoms with Crippen LogP contribution in [0.3, 0.4) is 0 Å². The molecule has 1 fully saturated rings. The fraction of sp³-hybridized carbons (Fsp3) is 0.444. The molecule has 0 spiro atoms. The lowest BCUT2D eigenvalue weighted by atomic mass is 10.5. The molecule has 0 radical (unpaired) electrons. The number of hydrogen-bond acceptors (Lipinski definition) is 4. The zero-order valence-electron chi connectivity index (χ0n) is 7.35. The Hall–Kier alpha value is -0.870. The largest absolute Gasteiger partial charge is 0.378 e. The first-order valence-corrected chi connectivity index (χ1v) is 5.23. The van der Waals surface area contributed by atoms with Crippen LogP contribution in [0.1, 0.15) is 4.88 Å². The second kappa shape index (κ2) is 4.39. The summed E-state index contributed by atoms with van der Waals surface area (Å²) in [7, 11) is 0. The summed E-state index contributed by atoms with van der Waals surface area (Å²) in [5, 5.41) is 8.47. The minimum Gasteiger partial charge on any atom is -0.378 e. The third-order valence-corrected chi connectivity index (χ3v) is 2.69. The Labute approximate surface area is 81.6 Å². The van der Waals surface area contributed by atoms with Gasteiger partial charge in [0.1, 0.15) is 0 Å². The van der Waals surface area contributed by atoms with Crippen molar-refractivity contribution in [2.75, 3.05) is 26.3 Å². The quantitative estimate of drug-likeness (QED) is 0.668. The van der Waals surface area contributed by atoms with Gasteiger partial charge in [-0.15, -0.1) is 11.3 Å². The van der Waals surface area contributed by atoms with Crippen molar-refractivity contribution < 1.29 is 4.74 Å². The van der Waals surface area contributed by atoms with Crippen LogP contribution in [0.5, 0.6) is 0 Å². The highest BCUT2D eigenvalue weighted by molar-refractivity contribution is 7.11. The molecule has 0 aliphatic carbocycles. The molecule has 0 atom stereocenters. The zero-order chi connectivity index (χ0) is 8.93. The van der Waals surface area contributed by atoms with E-state index in [0.29, 0.717) is 0 Å². The molecule has 0 amide bonds. The van der Waals surface area contributed by atoms with Crippen LogP contribution in [0.2, 0.25) is 0 Å². The van der Waals surface area contributed by atoms with Crippen LogP contribution in [0.25, 0.3) is 0 Å². The number of thiophene rings is 1. The Morgan fingerprint density at radius 3 is 3.00 bits per heavy atom. The van der Waals surface area contributed by atoms with E-state index in [1.54, 1.807) is 11.3 Å². The first-order valence-electron chi connectivity index (χ1n) is 4.35. The second-order valence-corrected chi connectivity index (χ2v) is 3.81. The lowest BCUT2D eigenvalue weighted by molar-refractivity contribution is 0.0397. The van der Waals surface area contributed by atoms with E-state index in [4.69, 9.17) is 4.74 Å². The molecule has 13 heavy (non-hydrogen) atoms. The average Bonchev–Trinajstić information content (AvgIpc) is 2.69. The maximum Gasteiger partial charge on any atom is 0.0659 e. The highest BCUT2D eigenvalue weighted by Crippen LogP contribution is 2.05. The molecule has 2 heterocycles. The highest BCUT2D eigenvalue weighted by Gasteiger charge is 2.05. The molecule has 1 aliphatic rings. The van der Waals surface area contributed by atoms with Crippen LogP contribution in [0, 0.1) is 0 Å². The Kier molecular flexibility index (Phi) is 2.94. The van der Waals surface area contributed by atoms with Crippen molar-refractivity contribution in [3.05, 3.63) is 22.4 Å². The van der Waals surface area contributed by atoms with Gasteiger partial charge in [-0.25, -0.2) is 0 Å². The van der Waals surface area contributed by atoms with Gasteiger partial charge in [-0.05, 0) is 11.4 Å². The van der Waals surface area contributed by atoms with E-state index >= 15 is 0 Å². The molecule has 0 aromatic carbocycles. The van der Waals surface area contributed by atoms with E-state index < -0.39 is 0 Å². The van der Waals surface area contributed by atoms with Gasteiger partial charge in [-0.2, -0.15) is 5.10 Å². The van der Waals surface area contributed by atoms with Crippen molar-refractivity contribution in [2.24, 2.45) is 5.10 Å². The molecule has 1 aliphatic heterocycles. The minimum absolute atomic E-state index is 0.793. The van der Waals surface area contributed by atoms with Crippen LogP contribution >= 0.6 is 11.3 Å². The third kappa shape index (κ3) is 2.54. The summed E-state index contributed by atoms with van der Waals surface area (Å²) in [4.78, 5) is 1.20. The van der Waals surface area contributed by atoms with E-state index in [9.17, 15) is 0 Å². The first kappa shape index (κ1) is 8.72. The molecular weight excluding hydrogens is 184 g/mol. The summed E-state index contributed by atoms with van der Waals surface area (Å²) >= 11 is 1.70. The Morgan fingerprint density at radius 1 is 1.46 bits per heavy atom. The molecular formula is C9H12N2OS. The van der Waals surface area contributed by atoms with Gasteiger partial charge in [0.05, 0.1) is 32.5 Å². The first-order chi connectivity index (χ1) is 6.45. The summed E-state index contributed by atoms with van der Waals surface area (Å²) < 4.78 is 5.22. The molecule has 1 aromatic rings. The van der Waals surface area contributed by atoms with Gasteiger partial charge in [-0.3, -0.25) is 5.01 Å². The van der Waals surface area contributed by atoms with Crippen molar-refractivity contribution in [3.63, 3.8) is 0 Å². The standard InChI is InChI=1S/C9H12N2OS/c1-2-9(13-7-1)8-10-11-3-5-12-6-4-11/h1-2,7-8H,3-6H2/b10-8-. The number of ether oxygens (including phenoxy) is 1. The van der Waals surface area contributed by atoms with Gasteiger partial charge in [0.25, 0.3) is 0 Å². The molecule has 0 saturated carbocycles. The van der Waals surface area contributed by atoms with Gasteiger partial charge < -0.3 is 4.74 Å². The van der Waals surface area contributed by atoms with E-state index in [0.717, 1.165) is 26.3 Å². The Morgan fingerprint density at radius 2 is 2.31 bits per heavy atom. The topological polar surface area (TPSA) is 24.8 Å². The Balaban J connectivity index is 1.89. The minimum atomic E-state index is 0.793. The molecule has 70 valence electrons. The maximum absolute atomic E-state index is 5.22. The summed E-state index contributed by atoms with van der Waals surface area (Å²) in [6.07, 6.45) is 1.91. The van der Waals surface area contributed by atoms with E-state index in [2.05, 4.69) is 16.5 Å². The second-order valence-electron chi connectivity index (χ2n) is 2.83. The lowest BCUT2D eigenvalue weighted by Gasteiger charge is -2.23. The van der Waals surface area contributed by atoms with Crippen LogP contribution in [-0.2, 0) is 4.74 Å². The summed E-state index contributed by atoms with van der Waals surface area (Å²) in [6, 6.07) is 4.10. The van der Waals surface area contributed by atoms with Gasteiger partial charge in [-0.1, -0.05) is 6.07 Å². The summed E-state index contributed by atoms with van der Waals surface area (Å²) in [6.45, 7) is 3.40. The molecule has 1 saturated heterocycles. The number of nitrogens with zero attached hydrogens (tertiary/aromatic N) is 2. The van der Waals surface area contributed by atoms with Gasteiger partial charge >= 0.3 is 0 Å². The predicted octanol–water partition coefficient (Wildman–Crippen LogP) is 1.41. The number of rotatable bonds is 2. The number of hydrazone groups is 1. The van der Waals surface area contributed by atoms with E-state index in [1.165, 1.54) is 4.88 Å².